The molecule has 0 radical (unpaired) electrons. The van der Waals surface area contributed by atoms with Crippen molar-refractivity contribution in [1.82, 2.24) is 25.3 Å². The molecule has 0 spiro atoms. The molecule has 0 aliphatic carbocycles. The van der Waals surface area contributed by atoms with E-state index in [2.05, 4.69) is 25.6 Å². The molecule has 0 atom stereocenters. The first-order valence-electron chi connectivity index (χ1n) is 8.57. The van der Waals surface area contributed by atoms with E-state index >= 15 is 0 Å². The topological polar surface area (TPSA) is 66.7 Å². The number of halogens is 4. The highest BCUT2D eigenvalue weighted by atomic mass is 127. The van der Waals surface area contributed by atoms with Crippen LogP contribution in [0.25, 0.3) is 0 Å². The second-order valence-corrected chi connectivity index (χ2v) is 5.95. The summed E-state index contributed by atoms with van der Waals surface area (Å²) in [4.78, 5) is 6.40. The second-order valence-electron chi connectivity index (χ2n) is 5.95. The van der Waals surface area contributed by atoms with Crippen LogP contribution in [0, 0.1) is 0 Å². The molecule has 1 heterocycles. The third kappa shape index (κ3) is 10.1. The normalized spacial score (nSPS) is 12.2. The zero-order valence-corrected chi connectivity index (χ0v) is 18.6. The number of aryl methyl sites for hydroxylation is 1. The number of likely N-dealkylation sites (N-methyl/N-ethyl adjacent to an activating group) is 1. The molecule has 0 unspecified atom stereocenters. The SMILES string of the molecule is CCNC(=NCc1cn(C)nc1C(F)(F)F)NCCN(C)CCCOC.I. The Morgan fingerprint density at radius 1 is 1.33 bits per heavy atom. The molecular weight excluding hydrogens is 476 g/mol. The lowest BCUT2D eigenvalue weighted by Gasteiger charge is -2.18. The Labute approximate surface area is 175 Å². The molecule has 2 N–H and O–H groups in total. The number of guanidine groups is 1. The molecular formula is C16H30F3IN6O. The van der Waals surface area contributed by atoms with Gasteiger partial charge in [-0.15, -0.1) is 24.0 Å². The summed E-state index contributed by atoms with van der Waals surface area (Å²) in [7, 11) is 5.14. The van der Waals surface area contributed by atoms with Crippen LogP contribution in [0.15, 0.2) is 11.2 Å². The van der Waals surface area contributed by atoms with E-state index in [-0.39, 0.29) is 36.1 Å². The van der Waals surface area contributed by atoms with E-state index in [1.807, 2.05) is 14.0 Å². The molecule has 1 aromatic rings. The van der Waals surface area contributed by atoms with Crippen molar-refractivity contribution in [2.45, 2.75) is 26.1 Å². The molecule has 0 aliphatic rings. The minimum atomic E-state index is -4.48. The summed E-state index contributed by atoms with van der Waals surface area (Å²) in [6.07, 6.45) is -2.19. The minimum Gasteiger partial charge on any atom is -0.385 e. The van der Waals surface area contributed by atoms with Crippen LogP contribution >= 0.6 is 24.0 Å². The van der Waals surface area contributed by atoms with E-state index < -0.39 is 11.9 Å². The Hall–Kier alpha value is -1.08. The average Bonchev–Trinajstić information content (AvgIpc) is 2.94. The predicted molar refractivity (Wildman–Crippen MR) is 110 cm³/mol. The molecule has 27 heavy (non-hydrogen) atoms. The van der Waals surface area contributed by atoms with Gasteiger partial charge in [-0.05, 0) is 20.4 Å². The number of alkyl halides is 3. The molecule has 7 nitrogen and oxygen atoms in total. The second kappa shape index (κ2) is 13.2. The van der Waals surface area contributed by atoms with E-state index in [4.69, 9.17) is 4.74 Å². The average molecular weight is 506 g/mol. The molecule has 0 bridgehead atoms. The lowest BCUT2D eigenvalue weighted by Crippen LogP contribution is -2.41. The maximum absolute atomic E-state index is 13.0. The molecule has 0 fully saturated rings. The van der Waals surface area contributed by atoms with Crippen LogP contribution in [-0.4, -0.2) is 67.6 Å². The molecule has 1 aromatic heterocycles. The zero-order valence-electron chi connectivity index (χ0n) is 16.3. The number of nitrogens with zero attached hydrogens (tertiary/aromatic N) is 4. The van der Waals surface area contributed by atoms with Crippen LogP contribution in [0.2, 0.25) is 0 Å². The van der Waals surface area contributed by atoms with E-state index in [9.17, 15) is 13.2 Å². The monoisotopic (exact) mass is 506 g/mol. The Kier molecular flexibility index (Phi) is 12.6. The van der Waals surface area contributed by atoms with Crippen LogP contribution in [-0.2, 0) is 24.5 Å². The van der Waals surface area contributed by atoms with Crippen molar-refractivity contribution in [3.8, 4) is 0 Å². The molecule has 11 heteroatoms. The molecule has 158 valence electrons. The Morgan fingerprint density at radius 2 is 2.04 bits per heavy atom. The van der Waals surface area contributed by atoms with E-state index in [1.165, 1.54) is 13.2 Å². The summed E-state index contributed by atoms with van der Waals surface area (Å²) in [6.45, 7) is 5.47. The maximum Gasteiger partial charge on any atom is 0.435 e. The van der Waals surface area contributed by atoms with Crippen LogP contribution < -0.4 is 10.6 Å². The first-order valence-corrected chi connectivity index (χ1v) is 8.57. The van der Waals surface area contributed by atoms with Crippen LogP contribution in [0.3, 0.4) is 0 Å². The molecule has 0 saturated carbocycles. The van der Waals surface area contributed by atoms with E-state index in [1.54, 1.807) is 7.11 Å². The van der Waals surface area contributed by atoms with Gasteiger partial charge in [-0.2, -0.15) is 18.3 Å². The number of methoxy groups -OCH3 is 1. The third-order valence-electron chi connectivity index (χ3n) is 3.60. The Morgan fingerprint density at radius 3 is 2.63 bits per heavy atom. The van der Waals surface area contributed by atoms with Crippen LogP contribution in [0.5, 0.6) is 0 Å². The lowest BCUT2D eigenvalue weighted by molar-refractivity contribution is -0.142. The van der Waals surface area contributed by atoms with Crippen molar-refractivity contribution in [1.29, 1.82) is 0 Å². The fourth-order valence-electron chi connectivity index (χ4n) is 2.35. The smallest absolute Gasteiger partial charge is 0.385 e. The quantitative estimate of drug-likeness (QED) is 0.220. The highest BCUT2D eigenvalue weighted by Gasteiger charge is 2.36. The number of hydrogen-bond donors (Lipinski definition) is 2. The molecule has 0 amide bonds. The number of aromatic nitrogens is 2. The van der Waals surface area contributed by atoms with Crippen molar-refractivity contribution in [3.63, 3.8) is 0 Å². The van der Waals surface area contributed by atoms with E-state index in [0.29, 0.717) is 25.7 Å². The Balaban J connectivity index is 0.00000676. The number of hydrogen-bond acceptors (Lipinski definition) is 4. The summed E-state index contributed by atoms with van der Waals surface area (Å²) in [6, 6.07) is 0. The van der Waals surface area contributed by atoms with Gasteiger partial charge in [0.15, 0.2) is 11.7 Å². The van der Waals surface area contributed by atoms with Crippen molar-refractivity contribution >= 4 is 29.9 Å². The summed E-state index contributed by atoms with van der Waals surface area (Å²) in [5.41, 5.74) is -0.841. The van der Waals surface area contributed by atoms with Crippen LogP contribution in [0.4, 0.5) is 13.2 Å². The fourth-order valence-corrected chi connectivity index (χ4v) is 2.35. The first-order chi connectivity index (χ1) is 12.3. The standard InChI is InChI=1S/C16H29F3N6O.HI/c1-5-20-15(21-7-9-24(2)8-6-10-26-4)22-11-13-12-25(3)23-14(13)16(17,18)19;/h12H,5-11H2,1-4H3,(H2,20,21,22);1H. The van der Waals surface area contributed by atoms with Gasteiger partial charge in [-0.25, -0.2) is 4.99 Å². The van der Waals surface area contributed by atoms with Gasteiger partial charge in [0.2, 0.25) is 0 Å². The van der Waals surface area contributed by atoms with Crippen molar-refractivity contribution < 1.29 is 17.9 Å². The van der Waals surface area contributed by atoms with E-state index in [0.717, 1.165) is 24.2 Å². The molecule has 0 saturated heterocycles. The number of ether oxygens (including phenoxy) is 1. The van der Waals surface area contributed by atoms with Gasteiger partial charge in [0.1, 0.15) is 0 Å². The minimum absolute atomic E-state index is 0. The van der Waals surface area contributed by atoms with Crippen molar-refractivity contribution in [2.75, 3.05) is 46.9 Å². The number of nitrogens with one attached hydrogen (secondary N) is 2. The van der Waals surface area contributed by atoms with Gasteiger partial charge in [-0.3, -0.25) is 4.68 Å². The fraction of sp³-hybridized carbons (Fsp3) is 0.750. The number of aliphatic imine (C=N–C) groups is 1. The highest BCUT2D eigenvalue weighted by Crippen LogP contribution is 2.30. The van der Waals surface area contributed by atoms with Gasteiger partial charge in [0.25, 0.3) is 0 Å². The maximum atomic E-state index is 13.0. The number of rotatable bonds is 10. The third-order valence-corrected chi connectivity index (χ3v) is 3.60. The largest absolute Gasteiger partial charge is 0.435 e. The van der Waals surface area contributed by atoms with Gasteiger partial charge < -0.3 is 20.3 Å². The lowest BCUT2D eigenvalue weighted by atomic mass is 10.2. The van der Waals surface area contributed by atoms with Crippen molar-refractivity contribution in [3.05, 3.63) is 17.5 Å². The summed E-state index contributed by atoms with van der Waals surface area (Å²) in [5.74, 6) is 0.481. The molecule has 0 aromatic carbocycles. The Bertz CT molecular complexity index is 565. The first kappa shape index (κ1) is 25.9. The van der Waals surface area contributed by atoms with Gasteiger partial charge >= 0.3 is 6.18 Å². The highest BCUT2D eigenvalue weighted by molar-refractivity contribution is 14.0. The van der Waals surface area contributed by atoms with Gasteiger partial charge in [0.05, 0.1) is 6.54 Å². The summed E-state index contributed by atoms with van der Waals surface area (Å²) < 4.78 is 45.1. The summed E-state index contributed by atoms with van der Waals surface area (Å²) in [5, 5.41) is 9.66. The van der Waals surface area contributed by atoms with Gasteiger partial charge in [0, 0.05) is 58.7 Å². The van der Waals surface area contributed by atoms with Crippen molar-refractivity contribution in [2.24, 2.45) is 12.0 Å². The zero-order chi connectivity index (χ0) is 19.6. The predicted octanol–water partition coefficient (Wildman–Crippen LogP) is 2.08. The molecule has 0 aliphatic heterocycles. The molecule has 1 rings (SSSR count). The summed E-state index contributed by atoms with van der Waals surface area (Å²) >= 11 is 0. The van der Waals surface area contributed by atoms with Crippen LogP contribution in [0.1, 0.15) is 24.6 Å². The van der Waals surface area contributed by atoms with Gasteiger partial charge in [-0.1, -0.05) is 0 Å².